The number of nitrogens with one attached hydrogen (secondary N) is 1. The highest BCUT2D eigenvalue weighted by molar-refractivity contribution is 6.07. The highest BCUT2D eigenvalue weighted by atomic mass is 16.1. The lowest BCUT2D eigenvalue weighted by Crippen LogP contribution is -2.27. The molecular formula is C30H28N4O. The summed E-state index contributed by atoms with van der Waals surface area (Å²) in [4.78, 5) is 18.3. The summed E-state index contributed by atoms with van der Waals surface area (Å²) in [7, 11) is 0. The summed E-state index contributed by atoms with van der Waals surface area (Å²) in [6.45, 7) is 6.17. The van der Waals surface area contributed by atoms with E-state index >= 15 is 0 Å². The Balaban J connectivity index is 1.54. The van der Waals surface area contributed by atoms with Crippen molar-refractivity contribution in [3.05, 3.63) is 114 Å². The van der Waals surface area contributed by atoms with Gasteiger partial charge in [-0.05, 0) is 55.7 Å². The molecular weight excluding hydrogens is 432 g/mol. The number of rotatable bonds is 6. The maximum absolute atomic E-state index is 13.4. The molecule has 5 aromatic rings. The molecule has 5 rings (SSSR count). The van der Waals surface area contributed by atoms with Crippen LogP contribution in [0.1, 0.15) is 47.1 Å². The molecule has 0 fully saturated rings. The van der Waals surface area contributed by atoms with Crippen molar-refractivity contribution in [3.63, 3.8) is 0 Å². The van der Waals surface area contributed by atoms with Crippen molar-refractivity contribution in [2.24, 2.45) is 0 Å². The van der Waals surface area contributed by atoms with E-state index in [1.165, 1.54) is 5.56 Å². The molecule has 0 saturated heterocycles. The largest absolute Gasteiger partial charge is 0.345 e. The van der Waals surface area contributed by atoms with E-state index < -0.39 is 0 Å². The van der Waals surface area contributed by atoms with E-state index in [9.17, 15) is 4.79 Å². The lowest BCUT2D eigenvalue weighted by atomic mass is 10.0. The smallest absolute Gasteiger partial charge is 0.252 e. The normalized spacial score (nSPS) is 12.0. The van der Waals surface area contributed by atoms with Crippen molar-refractivity contribution < 1.29 is 4.79 Å². The number of para-hydroxylation sites is 1. The number of carbonyl (C=O) groups excluding carboxylic acids is 1. The van der Waals surface area contributed by atoms with E-state index in [-0.39, 0.29) is 11.9 Å². The Morgan fingerprint density at radius 3 is 2.43 bits per heavy atom. The molecule has 174 valence electrons. The number of nitrogens with zero attached hydrogens (tertiary/aromatic N) is 3. The molecule has 0 radical (unpaired) electrons. The number of hydrogen-bond donors (Lipinski definition) is 1. The number of aromatic nitrogens is 3. The molecule has 0 saturated carbocycles. The van der Waals surface area contributed by atoms with Crippen molar-refractivity contribution in [3.8, 4) is 16.9 Å². The van der Waals surface area contributed by atoms with Crippen LogP contribution in [0.2, 0.25) is 0 Å². The average molecular weight is 461 g/mol. The van der Waals surface area contributed by atoms with Crippen LogP contribution in [0, 0.1) is 6.92 Å². The van der Waals surface area contributed by atoms with Crippen LogP contribution >= 0.6 is 0 Å². The number of hydrogen-bond acceptors (Lipinski definition) is 3. The van der Waals surface area contributed by atoms with Gasteiger partial charge in [-0.25, -0.2) is 9.67 Å². The van der Waals surface area contributed by atoms with E-state index in [2.05, 4.69) is 41.6 Å². The molecule has 2 aromatic heterocycles. The zero-order valence-electron chi connectivity index (χ0n) is 20.2. The Hall–Kier alpha value is -4.25. The van der Waals surface area contributed by atoms with Crippen LogP contribution in [0.25, 0.3) is 27.8 Å². The van der Waals surface area contributed by atoms with E-state index in [4.69, 9.17) is 4.98 Å². The van der Waals surface area contributed by atoms with Crippen molar-refractivity contribution in [1.29, 1.82) is 0 Å². The summed E-state index contributed by atoms with van der Waals surface area (Å²) >= 11 is 0. The third-order valence-corrected chi connectivity index (χ3v) is 6.48. The number of benzene rings is 3. The number of amides is 1. The Labute approximate surface area is 205 Å². The van der Waals surface area contributed by atoms with Crippen LogP contribution < -0.4 is 5.32 Å². The van der Waals surface area contributed by atoms with Gasteiger partial charge in [0.25, 0.3) is 5.91 Å². The third kappa shape index (κ3) is 4.45. The second-order valence-electron chi connectivity index (χ2n) is 8.75. The van der Waals surface area contributed by atoms with E-state index in [1.54, 1.807) is 0 Å². The van der Waals surface area contributed by atoms with Gasteiger partial charge in [0.15, 0.2) is 0 Å². The first kappa shape index (κ1) is 22.5. The standard InChI is InChI=1S/C30H28N4O/c1-4-22-14-16-24(17-15-22)34-21(3)27(19-31-34)29-18-26(25-12-8-9-13-28(25)33-29)30(35)32-20(2)23-10-6-5-7-11-23/h5-20H,4H2,1-3H3,(H,32,35). The Bertz CT molecular complexity index is 1490. The first-order valence-electron chi connectivity index (χ1n) is 11.9. The molecule has 1 N–H and O–H groups in total. The molecule has 0 aliphatic carbocycles. The topological polar surface area (TPSA) is 59.8 Å². The van der Waals surface area contributed by atoms with Gasteiger partial charge in [0, 0.05) is 10.9 Å². The molecule has 0 spiro atoms. The van der Waals surface area contributed by atoms with Crippen molar-refractivity contribution >= 4 is 16.8 Å². The van der Waals surface area contributed by atoms with Gasteiger partial charge in [0.05, 0.1) is 40.4 Å². The molecule has 35 heavy (non-hydrogen) atoms. The Morgan fingerprint density at radius 2 is 1.69 bits per heavy atom. The average Bonchev–Trinajstić information content (AvgIpc) is 3.29. The summed E-state index contributed by atoms with van der Waals surface area (Å²) in [6.07, 6.45) is 2.83. The quantitative estimate of drug-likeness (QED) is 0.317. The number of carbonyl (C=O) groups is 1. The molecule has 0 aliphatic rings. The Kier molecular flexibility index (Phi) is 6.15. The minimum absolute atomic E-state index is 0.116. The highest BCUT2D eigenvalue weighted by Crippen LogP contribution is 2.28. The molecule has 0 bridgehead atoms. The van der Waals surface area contributed by atoms with Gasteiger partial charge in [-0.2, -0.15) is 5.10 Å². The van der Waals surface area contributed by atoms with Crippen LogP contribution in [-0.2, 0) is 6.42 Å². The summed E-state index contributed by atoms with van der Waals surface area (Å²) in [6, 6.07) is 27.9. The molecule has 1 atom stereocenters. The fourth-order valence-electron chi connectivity index (χ4n) is 4.39. The first-order valence-corrected chi connectivity index (χ1v) is 11.9. The van der Waals surface area contributed by atoms with Gasteiger partial charge >= 0.3 is 0 Å². The number of pyridine rings is 1. The summed E-state index contributed by atoms with van der Waals surface area (Å²) in [5.41, 5.74) is 7.34. The lowest BCUT2D eigenvalue weighted by molar-refractivity contribution is 0.0941. The van der Waals surface area contributed by atoms with Crippen molar-refractivity contribution in [2.45, 2.75) is 33.2 Å². The third-order valence-electron chi connectivity index (χ3n) is 6.48. The summed E-state index contributed by atoms with van der Waals surface area (Å²) in [5, 5.41) is 8.62. The maximum atomic E-state index is 13.4. The SMILES string of the molecule is CCc1ccc(-n2ncc(-c3cc(C(=O)NC(C)c4ccccc4)c4ccccc4n3)c2C)cc1. The number of aryl methyl sites for hydroxylation is 1. The van der Waals surface area contributed by atoms with E-state index in [1.807, 2.05) is 85.4 Å². The minimum atomic E-state index is -0.124. The fraction of sp³-hybridized carbons (Fsp3) is 0.167. The van der Waals surface area contributed by atoms with Crippen molar-refractivity contribution in [2.75, 3.05) is 0 Å². The van der Waals surface area contributed by atoms with Crippen LogP contribution in [-0.4, -0.2) is 20.7 Å². The van der Waals surface area contributed by atoms with Gasteiger partial charge in [0.2, 0.25) is 0 Å². The molecule has 5 heteroatoms. The van der Waals surface area contributed by atoms with Gasteiger partial charge in [0.1, 0.15) is 0 Å². The predicted molar refractivity (Wildman–Crippen MR) is 141 cm³/mol. The summed E-state index contributed by atoms with van der Waals surface area (Å²) in [5.74, 6) is -0.124. The Morgan fingerprint density at radius 1 is 0.971 bits per heavy atom. The molecule has 2 heterocycles. The predicted octanol–water partition coefficient (Wildman–Crippen LogP) is 6.45. The molecule has 1 amide bonds. The van der Waals surface area contributed by atoms with Crippen LogP contribution in [0.3, 0.4) is 0 Å². The van der Waals surface area contributed by atoms with Crippen LogP contribution in [0.15, 0.2) is 91.1 Å². The highest BCUT2D eigenvalue weighted by Gasteiger charge is 2.19. The van der Waals surface area contributed by atoms with Crippen molar-refractivity contribution in [1.82, 2.24) is 20.1 Å². The van der Waals surface area contributed by atoms with Gasteiger partial charge in [-0.3, -0.25) is 4.79 Å². The van der Waals surface area contributed by atoms with Crippen LogP contribution in [0.5, 0.6) is 0 Å². The molecule has 5 nitrogen and oxygen atoms in total. The molecule has 0 aliphatic heterocycles. The zero-order valence-corrected chi connectivity index (χ0v) is 20.2. The monoisotopic (exact) mass is 460 g/mol. The van der Waals surface area contributed by atoms with Gasteiger partial charge in [-0.15, -0.1) is 0 Å². The van der Waals surface area contributed by atoms with Crippen LogP contribution in [0.4, 0.5) is 0 Å². The second kappa shape index (κ2) is 9.55. The maximum Gasteiger partial charge on any atom is 0.252 e. The van der Waals surface area contributed by atoms with E-state index in [0.717, 1.165) is 45.5 Å². The minimum Gasteiger partial charge on any atom is -0.345 e. The molecule has 1 unspecified atom stereocenters. The molecule has 3 aromatic carbocycles. The van der Waals surface area contributed by atoms with Gasteiger partial charge in [-0.1, -0.05) is 67.6 Å². The lowest BCUT2D eigenvalue weighted by Gasteiger charge is -2.16. The van der Waals surface area contributed by atoms with Gasteiger partial charge < -0.3 is 5.32 Å². The first-order chi connectivity index (χ1) is 17.0. The zero-order chi connectivity index (χ0) is 24.4. The second-order valence-corrected chi connectivity index (χ2v) is 8.75. The summed E-state index contributed by atoms with van der Waals surface area (Å²) < 4.78 is 1.92. The van der Waals surface area contributed by atoms with E-state index in [0.29, 0.717) is 5.56 Å². The fourth-order valence-corrected chi connectivity index (χ4v) is 4.39. The number of fused-ring (bicyclic) bond motifs is 1.